The molecular formula is C29H36. The summed E-state index contributed by atoms with van der Waals surface area (Å²) < 4.78 is 0. The number of aryl methyl sites for hydroxylation is 4. The Hall–Kier alpha value is -2.60. The maximum atomic E-state index is 2.37. The van der Waals surface area contributed by atoms with Gasteiger partial charge in [-0.25, -0.2) is 0 Å². The van der Waals surface area contributed by atoms with E-state index in [1.807, 2.05) is 0 Å². The van der Waals surface area contributed by atoms with Crippen molar-refractivity contribution in [3.63, 3.8) is 0 Å². The quantitative estimate of drug-likeness (QED) is 0.312. The van der Waals surface area contributed by atoms with Crippen molar-refractivity contribution in [1.82, 2.24) is 0 Å². The van der Waals surface area contributed by atoms with Gasteiger partial charge in [0.05, 0.1) is 0 Å². The first-order chi connectivity index (χ1) is 13.2. The van der Waals surface area contributed by atoms with E-state index in [1.165, 1.54) is 63.1 Å². The van der Waals surface area contributed by atoms with E-state index >= 15 is 0 Å². The van der Waals surface area contributed by atoms with Gasteiger partial charge in [0, 0.05) is 0 Å². The van der Waals surface area contributed by atoms with Gasteiger partial charge in [-0.3, -0.25) is 0 Å². The van der Waals surface area contributed by atoms with Crippen LogP contribution in [0.2, 0.25) is 0 Å². The summed E-state index contributed by atoms with van der Waals surface area (Å²) in [5.74, 6) is 0. The highest BCUT2D eigenvalue weighted by Gasteiger charge is 2.01. The Labute approximate surface area is 177 Å². The summed E-state index contributed by atoms with van der Waals surface area (Å²) in [6, 6.07) is 27.5. The second-order valence-electron chi connectivity index (χ2n) is 7.80. The first-order valence-electron chi connectivity index (χ1n) is 10.2. The van der Waals surface area contributed by atoms with Crippen molar-refractivity contribution in [1.29, 1.82) is 0 Å². The van der Waals surface area contributed by atoms with Crippen LogP contribution in [0.15, 0.2) is 72.8 Å². The maximum Gasteiger partial charge on any atom is -0.0181 e. The Morgan fingerprint density at radius 1 is 0.517 bits per heavy atom. The van der Waals surface area contributed by atoms with Crippen molar-refractivity contribution < 1.29 is 0 Å². The van der Waals surface area contributed by atoms with Crippen molar-refractivity contribution in [3.05, 3.63) is 95.1 Å². The van der Waals surface area contributed by atoms with Crippen molar-refractivity contribution in [3.8, 4) is 0 Å². The highest BCUT2D eigenvalue weighted by molar-refractivity contribution is 5.84. The van der Waals surface area contributed by atoms with E-state index in [0.29, 0.717) is 0 Å². The Morgan fingerprint density at radius 3 is 1.41 bits per heavy atom. The third-order valence-electron chi connectivity index (χ3n) is 5.50. The minimum Gasteiger partial charge on any atom is -0.0776 e. The SMILES string of the molecule is C.C.CCCc1ccc2cc(CCCc3ccc4cc(C)ccc4c3)ccc2c1. The molecule has 0 atom stereocenters. The van der Waals surface area contributed by atoms with E-state index in [2.05, 4.69) is 86.6 Å². The molecule has 0 aliphatic rings. The van der Waals surface area contributed by atoms with Crippen LogP contribution in [-0.2, 0) is 19.3 Å². The lowest BCUT2D eigenvalue weighted by Crippen LogP contribution is -1.91. The monoisotopic (exact) mass is 384 g/mol. The fourth-order valence-corrected chi connectivity index (χ4v) is 4.01. The van der Waals surface area contributed by atoms with Gasteiger partial charge < -0.3 is 0 Å². The lowest BCUT2D eigenvalue weighted by molar-refractivity contribution is 0.822. The van der Waals surface area contributed by atoms with Crippen LogP contribution in [0.3, 0.4) is 0 Å². The lowest BCUT2D eigenvalue weighted by Gasteiger charge is -2.07. The fourth-order valence-electron chi connectivity index (χ4n) is 4.01. The Balaban J connectivity index is 0.00000150. The zero-order valence-corrected chi connectivity index (χ0v) is 16.5. The fraction of sp³-hybridized carbons (Fsp3) is 0.310. The van der Waals surface area contributed by atoms with Gasteiger partial charge in [-0.05, 0) is 70.8 Å². The summed E-state index contributed by atoms with van der Waals surface area (Å²) in [7, 11) is 0. The van der Waals surface area contributed by atoms with Crippen LogP contribution >= 0.6 is 0 Å². The van der Waals surface area contributed by atoms with Crippen molar-refractivity contribution >= 4 is 21.5 Å². The zero-order valence-electron chi connectivity index (χ0n) is 16.5. The molecule has 0 aliphatic heterocycles. The molecule has 0 heterocycles. The third kappa shape index (κ3) is 5.48. The standard InChI is InChI=1S/C27H28.2CH4/c1-3-5-21-9-14-27-19-23(11-15-26(27)17-21)7-4-6-22-10-13-24-16-20(2)8-12-25(24)18-22;;/h8-19H,3-7H2,1-2H3;2*1H4. The van der Waals surface area contributed by atoms with E-state index in [9.17, 15) is 0 Å². The number of hydrogen-bond acceptors (Lipinski definition) is 0. The first kappa shape index (κ1) is 22.7. The molecule has 0 saturated carbocycles. The molecule has 152 valence electrons. The molecule has 4 rings (SSSR count). The van der Waals surface area contributed by atoms with Crippen LogP contribution in [0.4, 0.5) is 0 Å². The minimum atomic E-state index is 0. The van der Waals surface area contributed by atoms with E-state index in [0.717, 1.165) is 12.8 Å². The van der Waals surface area contributed by atoms with Crippen LogP contribution in [0, 0.1) is 6.92 Å². The second kappa shape index (κ2) is 10.3. The van der Waals surface area contributed by atoms with Crippen LogP contribution in [0.1, 0.15) is 56.9 Å². The number of rotatable bonds is 6. The van der Waals surface area contributed by atoms with Crippen LogP contribution < -0.4 is 0 Å². The molecule has 4 aromatic rings. The average Bonchev–Trinajstić information content (AvgIpc) is 2.68. The highest BCUT2D eigenvalue weighted by Crippen LogP contribution is 2.21. The van der Waals surface area contributed by atoms with Gasteiger partial charge in [0.2, 0.25) is 0 Å². The molecule has 0 fully saturated rings. The van der Waals surface area contributed by atoms with Crippen LogP contribution in [0.5, 0.6) is 0 Å². The molecule has 0 aromatic heterocycles. The highest BCUT2D eigenvalue weighted by atomic mass is 14.1. The molecule has 0 saturated heterocycles. The van der Waals surface area contributed by atoms with Crippen LogP contribution in [0.25, 0.3) is 21.5 Å². The van der Waals surface area contributed by atoms with E-state index in [1.54, 1.807) is 0 Å². The summed E-state index contributed by atoms with van der Waals surface area (Å²) >= 11 is 0. The van der Waals surface area contributed by atoms with Gasteiger partial charge in [-0.2, -0.15) is 0 Å². The van der Waals surface area contributed by atoms with Crippen LogP contribution in [-0.4, -0.2) is 0 Å². The summed E-state index contributed by atoms with van der Waals surface area (Å²) in [6.07, 6.45) is 5.84. The van der Waals surface area contributed by atoms with Gasteiger partial charge in [0.1, 0.15) is 0 Å². The molecule has 0 N–H and O–H groups in total. The Bertz CT molecular complexity index is 1070. The predicted molar refractivity (Wildman–Crippen MR) is 132 cm³/mol. The molecule has 0 heteroatoms. The molecule has 0 spiro atoms. The van der Waals surface area contributed by atoms with Gasteiger partial charge in [-0.15, -0.1) is 0 Å². The van der Waals surface area contributed by atoms with Crippen molar-refractivity contribution in [2.75, 3.05) is 0 Å². The molecule has 0 nitrogen and oxygen atoms in total. The summed E-state index contributed by atoms with van der Waals surface area (Å²) in [5, 5.41) is 5.44. The van der Waals surface area contributed by atoms with Gasteiger partial charge in [0.25, 0.3) is 0 Å². The normalized spacial score (nSPS) is 10.6. The average molecular weight is 385 g/mol. The largest absolute Gasteiger partial charge is 0.0776 e. The van der Waals surface area contributed by atoms with E-state index < -0.39 is 0 Å². The second-order valence-corrected chi connectivity index (χ2v) is 7.80. The molecule has 0 bridgehead atoms. The minimum absolute atomic E-state index is 0. The number of fused-ring (bicyclic) bond motifs is 2. The molecule has 0 radical (unpaired) electrons. The maximum absolute atomic E-state index is 2.37. The summed E-state index contributed by atoms with van der Waals surface area (Å²) in [5.41, 5.74) is 5.66. The Morgan fingerprint density at radius 2 is 0.931 bits per heavy atom. The molecule has 0 amide bonds. The number of hydrogen-bond donors (Lipinski definition) is 0. The lowest BCUT2D eigenvalue weighted by atomic mass is 9.98. The Kier molecular flexibility index (Phi) is 8.02. The topological polar surface area (TPSA) is 0 Å². The van der Waals surface area contributed by atoms with E-state index in [4.69, 9.17) is 0 Å². The van der Waals surface area contributed by atoms with Crippen molar-refractivity contribution in [2.45, 2.75) is 60.8 Å². The van der Waals surface area contributed by atoms with Crippen molar-refractivity contribution in [2.24, 2.45) is 0 Å². The van der Waals surface area contributed by atoms with Gasteiger partial charge in [-0.1, -0.05) is 107 Å². The summed E-state index contributed by atoms with van der Waals surface area (Å²) in [4.78, 5) is 0. The summed E-state index contributed by atoms with van der Waals surface area (Å²) in [6.45, 7) is 4.39. The molecule has 4 aromatic carbocycles. The molecule has 29 heavy (non-hydrogen) atoms. The third-order valence-corrected chi connectivity index (χ3v) is 5.50. The van der Waals surface area contributed by atoms with E-state index in [-0.39, 0.29) is 14.9 Å². The first-order valence-corrected chi connectivity index (χ1v) is 10.2. The predicted octanol–water partition coefficient (Wildman–Crippen LogP) is 8.70. The van der Waals surface area contributed by atoms with Gasteiger partial charge in [0.15, 0.2) is 0 Å². The van der Waals surface area contributed by atoms with Gasteiger partial charge >= 0.3 is 0 Å². The smallest absolute Gasteiger partial charge is 0.0181 e. The molecular weight excluding hydrogens is 348 g/mol. The zero-order chi connectivity index (χ0) is 18.6. The molecule has 0 aliphatic carbocycles. The number of benzene rings is 4. The molecule has 0 unspecified atom stereocenters.